The van der Waals surface area contributed by atoms with E-state index in [9.17, 15) is 10.1 Å². The van der Waals surface area contributed by atoms with Crippen LogP contribution in [0.2, 0.25) is 0 Å². The van der Waals surface area contributed by atoms with Gasteiger partial charge in [0.05, 0.1) is 5.69 Å². The van der Waals surface area contributed by atoms with Gasteiger partial charge in [0.25, 0.3) is 5.91 Å². The molecule has 2 heterocycles. The van der Waals surface area contributed by atoms with Crippen molar-refractivity contribution < 1.29 is 4.79 Å². The van der Waals surface area contributed by atoms with E-state index in [0.29, 0.717) is 28.6 Å². The zero-order chi connectivity index (χ0) is 15.4. The van der Waals surface area contributed by atoms with Crippen molar-refractivity contribution in [3.8, 4) is 6.07 Å². The summed E-state index contributed by atoms with van der Waals surface area (Å²) in [7, 11) is 0. The first-order chi connectivity index (χ1) is 10.1. The van der Waals surface area contributed by atoms with Crippen molar-refractivity contribution in [3.63, 3.8) is 0 Å². The van der Waals surface area contributed by atoms with Crippen molar-refractivity contribution in [2.24, 2.45) is 5.92 Å². The number of piperidine rings is 1. The lowest BCUT2D eigenvalue weighted by molar-refractivity contribution is 0.0958. The number of carbonyl (C=O) groups excluding carboxylic acids is 1. The van der Waals surface area contributed by atoms with Gasteiger partial charge < -0.3 is 16.0 Å². The third-order valence-electron chi connectivity index (χ3n) is 3.72. The van der Waals surface area contributed by atoms with E-state index in [1.807, 2.05) is 6.92 Å². The van der Waals surface area contributed by atoms with Crippen LogP contribution in [0.15, 0.2) is 0 Å². The minimum Gasteiger partial charge on any atom is -0.396 e. The Labute approximate surface area is 129 Å². The maximum Gasteiger partial charge on any atom is 0.263 e. The first-order valence-electron chi connectivity index (χ1n) is 7.44. The standard InChI is InChI=1S/C15H22N4OS/c1-3-6-18-14(20)13-12(17)11(8-16)15(21-13)19-7-4-5-10(2)9-19/h10H,3-7,9,17H2,1-2H3,(H,18,20). The molecule has 1 aliphatic rings. The Morgan fingerprint density at radius 2 is 2.38 bits per heavy atom. The van der Waals surface area contributed by atoms with Crippen LogP contribution in [0.25, 0.3) is 0 Å². The summed E-state index contributed by atoms with van der Waals surface area (Å²) in [5.41, 5.74) is 6.81. The van der Waals surface area contributed by atoms with Gasteiger partial charge in [0.15, 0.2) is 0 Å². The second kappa shape index (κ2) is 6.81. The zero-order valence-corrected chi connectivity index (χ0v) is 13.4. The number of nitrogen functional groups attached to an aromatic ring is 1. The van der Waals surface area contributed by atoms with E-state index < -0.39 is 0 Å². The first kappa shape index (κ1) is 15.6. The van der Waals surface area contributed by atoms with E-state index in [-0.39, 0.29) is 5.91 Å². The highest BCUT2D eigenvalue weighted by Crippen LogP contribution is 2.39. The molecule has 114 valence electrons. The van der Waals surface area contributed by atoms with Gasteiger partial charge in [-0.2, -0.15) is 5.26 Å². The summed E-state index contributed by atoms with van der Waals surface area (Å²) in [5, 5.41) is 13.1. The highest BCUT2D eigenvalue weighted by Gasteiger charge is 2.26. The Hall–Kier alpha value is -1.74. The Kier molecular flexibility index (Phi) is 5.07. The lowest BCUT2D eigenvalue weighted by Gasteiger charge is -2.31. The minimum atomic E-state index is -0.174. The minimum absolute atomic E-state index is 0.174. The molecule has 2 rings (SSSR count). The Bertz CT molecular complexity index is 561. The predicted molar refractivity (Wildman–Crippen MR) is 86.7 cm³/mol. The third-order valence-corrected chi connectivity index (χ3v) is 4.99. The van der Waals surface area contributed by atoms with Crippen molar-refractivity contribution in [1.82, 2.24) is 5.32 Å². The molecule has 1 atom stereocenters. The maximum atomic E-state index is 12.1. The van der Waals surface area contributed by atoms with Gasteiger partial charge in [-0.3, -0.25) is 4.79 Å². The Morgan fingerprint density at radius 3 is 3.00 bits per heavy atom. The number of amides is 1. The summed E-state index contributed by atoms with van der Waals surface area (Å²) in [5.74, 6) is 0.429. The number of rotatable bonds is 4. The van der Waals surface area contributed by atoms with E-state index in [1.165, 1.54) is 17.8 Å². The van der Waals surface area contributed by atoms with Crippen LogP contribution in [0, 0.1) is 17.2 Å². The lowest BCUT2D eigenvalue weighted by atomic mass is 10.0. The summed E-state index contributed by atoms with van der Waals surface area (Å²) >= 11 is 1.34. The van der Waals surface area contributed by atoms with E-state index in [4.69, 9.17) is 5.73 Å². The fourth-order valence-corrected chi connectivity index (χ4v) is 3.75. The molecule has 21 heavy (non-hydrogen) atoms. The van der Waals surface area contributed by atoms with Gasteiger partial charge >= 0.3 is 0 Å². The molecular formula is C15H22N4OS. The molecule has 1 aromatic rings. The maximum absolute atomic E-state index is 12.1. The molecule has 1 aromatic heterocycles. The Morgan fingerprint density at radius 1 is 1.62 bits per heavy atom. The van der Waals surface area contributed by atoms with Gasteiger partial charge in [-0.1, -0.05) is 13.8 Å². The number of nitrogens with one attached hydrogen (secondary N) is 1. The van der Waals surface area contributed by atoms with Crippen LogP contribution < -0.4 is 16.0 Å². The van der Waals surface area contributed by atoms with Gasteiger partial charge in [0.2, 0.25) is 0 Å². The van der Waals surface area contributed by atoms with Crippen LogP contribution in [-0.2, 0) is 0 Å². The first-order valence-corrected chi connectivity index (χ1v) is 8.25. The largest absolute Gasteiger partial charge is 0.396 e. The van der Waals surface area contributed by atoms with Crippen LogP contribution in [-0.4, -0.2) is 25.5 Å². The second-order valence-electron chi connectivity index (χ2n) is 5.59. The van der Waals surface area contributed by atoms with E-state index in [0.717, 1.165) is 30.9 Å². The smallest absolute Gasteiger partial charge is 0.263 e. The average Bonchev–Trinajstić information content (AvgIpc) is 2.81. The lowest BCUT2D eigenvalue weighted by Crippen LogP contribution is -2.34. The highest BCUT2D eigenvalue weighted by atomic mass is 32.1. The van der Waals surface area contributed by atoms with Crippen LogP contribution >= 0.6 is 11.3 Å². The molecule has 0 spiro atoms. The molecular weight excluding hydrogens is 284 g/mol. The topological polar surface area (TPSA) is 82.2 Å². The van der Waals surface area contributed by atoms with Crippen molar-refractivity contribution in [3.05, 3.63) is 10.4 Å². The molecule has 5 nitrogen and oxygen atoms in total. The quantitative estimate of drug-likeness (QED) is 0.895. The van der Waals surface area contributed by atoms with Crippen molar-refractivity contribution in [1.29, 1.82) is 5.26 Å². The molecule has 0 radical (unpaired) electrons. The molecule has 0 aliphatic carbocycles. The summed E-state index contributed by atoms with van der Waals surface area (Å²) < 4.78 is 0. The number of carbonyl (C=O) groups is 1. The van der Waals surface area contributed by atoms with E-state index in [1.54, 1.807) is 0 Å². The zero-order valence-electron chi connectivity index (χ0n) is 12.6. The molecule has 1 saturated heterocycles. The number of thiophene rings is 1. The third kappa shape index (κ3) is 3.30. The normalized spacial score (nSPS) is 18.3. The number of hydrogen-bond donors (Lipinski definition) is 2. The molecule has 1 unspecified atom stereocenters. The van der Waals surface area contributed by atoms with Crippen molar-refractivity contribution >= 4 is 27.9 Å². The van der Waals surface area contributed by atoms with E-state index >= 15 is 0 Å². The highest BCUT2D eigenvalue weighted by molar-refractivity contribution is 7.19. The van der Waals surface area contributed by atoms with E-state index in [2.05, 4.69) is 23.2 Å². The number of nitrogens with two attached hydrogens (primary N) is 1. The number of anilines is 2. The fourth-order valence-electron chi connectivity index (χ4n) is 2.62. The molecule has 0 saturated carbocycles. The molecule has 0 aromatic carbocycles. The van der Waals surface area contributed by atoms with Gasteiger partial charge in [0, 0.05) is 19.6 Å². The fraction of sp³-hybridized carbons (Fsp3) is 0.600. The van der Waals surface area contributed by atoms with Crippen LogP contribution in [0.3, 0.4) is 0 Å². The molecule has 1 aliphatic heterocycles. The summed E-state index contributed by atoms with van der Waals surface area (Å²) in [6.07, 6.45) is 3.20. The van der Waals surface area contributed by atoms with Crippen LogP contribution in [0.1, 0.15) is 48.3 Å². The van der Waals surface area contributed by atoms with Gasteiger partial charge in [-0.15, -0.1) is 11.3 Å². The van der Waals surface area contributed by atoms with Gasteiger partial charge in [0.1, 0.15) is 21.5 Å². The summed E-state index contributed by atoms with van der Waals surface area (Å²) in [4.78, 5) is 14.8. The molecule has 1 amide bonds. The Balaban J connectivity index is 2.30. The number of hydrogen-bond acceptors (Lipinski definition) is 5. The summed E-state index contributed by atoms with van der Waals surface area (Å²) in [6, 6.07) is 2.17. The molecule has 6 heteroatoms. The monoisotopic (exact) mass is 306 g/mol. The SMILES string of the molecule is CCCNC(=O)c1sc(N2CCCC(C)C2)c(C#N)c1N. The molecule has 3 N–H and O–H groups in total. The van der Waals surface area contributed by atoms with Gasteiger partial charge in [-0.25, -0.2) is 0 Å². The van der Waals surface area contributed by atoms with Crippen molar-refractivity contribution in [2.45, 2.75) is 33.1 Å². The molecule has 0 bridgehead atoms. The average molecular weight is 306 g/mol. The van der Waals surface area contributed by atoms with Gasteiger partial charge in [-0.05, 0) is 25.2 Å². The summed E-state index contributed by atoms with van der Waals surface area (Å²) in [6.45, 7) is 6.68. The number of nitrogens with zero attached hydrogens (tertiary/aromatic N) is 2. The molecule has 1 fully saturated rings. The second-order valence-corrected chi connectivity index (χ2v) is 6.59. The predicted octanol–water partition coefficient (Wildman–Crippen LogP) is 2.58. The van der Waals surface area contributed by atoms with Crippen molar-refractivity contribution in [2.75, 3.05) is 30.3 Å². The number of nitriles is 1. The van der Waals surface area contributed by atoms with Crippen LogP contribution in [0.5, 0.6) is 0 Å². The van der Waals surface area contributed by atoms with Crippen LogP contribution in [0.4, 0.5) is 10.7 Å².